The summed E-state index contributed by atoms with van der Waals surface area (Å²) in [7, 11) is 2.03. The van der Waals surface area contributed by atoms with Gasteiger partial charge in [-0.15, -0.1) is 0 Å². The molecule has 0 aliphatic rings. The van der Waals surface area contributed by atoms with Crippen LogP contribution in [0.2, 0.25) is 0 Å². The van der Waals surface area contributed by atoms with Crippen LogP contribution in [-0.4, -0.2) is 23.9 Å². The summed E-state index contributed by atoms with van der Waals surface area (Å²) >= 11 is 0. The summed E-state index contributed by atoms with van der Waals surface area (Å²) in [6, 6.07) is 45.4. The molecular weight excluding hydrogens is 562 g/mol. The van der Waals surface area contributed by atoms with E-state index in [0.29, 0.717) is 0 Å². The third-order valence-corrected chi connectivity index (χ3v) is 8.79. The van der Waals surface area contributed by atoms with Crippen molar-refractivity contribution in [2.24, 2.45) is 7.05 Å². The van der Waals surface area contributed by atoms with Crippen molar-refractivity contribution in [3.63, 3.8) is 0 Å². The van der Waals surface area contributed by atoms with Crippen LogP contribution in [0.4, 0.5) is 0 Å². The second-order valence-corrected chi connectivity index (χ2v) is 12.9. The number of hydrogen-bond acceptors (Lipinski definition) is 2. The molecule has 224 valence electrons. The van der Waals surface area contributed by atoms with Crippen molar-refractivity contribution in [1.29, 1.82) is 0 Å². The van der Waals surface area contributed by atoms with Crippen LogP contribution in [0.5, 0.6) is 0 Å². The maximum absolute atomic E-state index is 5.42. The summed E-state index contributed by atoms with van der Waals surface area (Å²) in [4.78, 5) is 4.62. The van der Waals surface area contributed by atoms with Gasteiger partial charge in [-0.3, -0.25) is 0 Å². The zero-order valence-electron chi connectivity index (χ0n) is 26.5. The van der Waals surface area contributed by atoms with Gasteiger partial charge in [-0.1, -0.05) is 118 Å². The van der Waals surface area contributed by atoms with E-state index in [1.807, 2.05) is 19.4 Å². The molecule has 8 rings (SSSR count). The first kappa shape index (κ1) is 27.8. The predicted octanol–water partition coefficient (Wildman–Crippen LogP) is 10.0. The molecule has 5 aromatic carbocycles. The first-order chi connectivity index (χ1) is 22.4. The van der Waals surface area contributed by atoms with Crippen LogP contribution in [0.15, 0.2) is 140 Å². The number of benzene rings is 5. The maximum Gasteiger partial charge on any atom is 0.139 e. The van der Waals surface area contributed by atoms with E-state index in [0.717, 1.165) is 50.7 Å². The van der Waals surface area contributed by atoms with Gasteiger partial charge >= 0.3 is 0 Å². The number of imidazole rings is 1. The van der Waals surface area contributed by atoms with E-state index in [1.165, 1.54) is 21.9 Å². The fourth-order valence-corrected chi connectivity index (χ4v) is 6.67. The first-order valence-corrected chi connectivity index (χ1v) is 15.7. The third-order valence-electron chi connectivity index (χ3n) is 8.79. The molecule has 0 saturated heterocycles. The molecule has 0 amide bonds. The molecule has 0 fully saturated rings. The van der Waals surface area contributed by atoms with E-state index in [4.69, 9.17) is 5.10 Å². The van der Waals surface area contributed by atoms with E-state index in [1.54, 1.807) is 0 Å². The van der Waals surface area contributed by atoms with Crippen LogP contribution >= 0.6 is 0 Å². The number of aromatic nitrogens is 5. The van der Waals surface area contributed by atoms with Gasteiger partial charge in [0.05, 0.1) is 28.1 Å². The Balaban J connectivity index is 1.42. The van der Waals surface area contributed by atoms with Crippen LogP contribution in [-0.2, 0) is 12.5 Å². The van der Waals surface area contributed by atoms with E-state index in [9.17, 15) is 0 Å². The third kappa shape index (κ3) is 4.55. The van der Waals surface area contributed by atoms with Gasteiger partial charge in [0.2, 0.25) is 0 Å². The van der Waals surface area contributed by atoms with Gasteiger partial charge in [-0.2, -0.15) is 5.10 Å². The number of nitrogens with zero attached hydrogens (tertiary/aromatic N) is 5. The van der Waals surface area contributed by atoms with Crippen molar-refractivity contribution in [3.05, 3.63) is 145 Å². The molecule has 3 heterocycles. The molecule has 8 aromatic rings. The SMILES string of the molecule is Cn1ccnc1-c1cccc(-n2c3ccccc3c3ccc(-n4nc(C(C)(C)C)c(-c5ccccc5)c4-c4ccccc4)cc32)c1. The van der Waals surface area contributed by atoms with Crippen LogP contribution < -0.4 is 0 Å². The molecular formula is C41H35N5. The number of fused-ring (bicyclic) bond motifs is 3. The standard InChI is InChI=1S/C41H35N5/c1-41(2,3)39-37(28-14-7-5-8-15-28)38(29-16-9-6-10-17-29)46(43-39)32-22-23-34-33-20-11-12-21-35(33)45(36(34)27-32)31-19-13-18-30(26-31)40-42-24-25-44(40)4/h5-27H,1-4H3. The lowest BCUT2D eigenvalue weighted by Crippen LogP contribution is -2.14. The highest BCUT2D eigenvalue weighted by atomic mass is 15.3. The Morgan fingerprint density at radius 3 is 1.98 bits per heavy atom. The summed E-state index contributed by atoms with van der Waals surface area (Å²) in [6.45, 7) is 6.74. The number of rotatable bonds is 5. The van der Waals surface area contributed by atoms with Crippen molar-refractivity contribution in [2.45, 2.75) is 26.2 Å². The average molecular weight is 598 g/mol. The van der Waals surface area contributed by atoms with Crippen molar-refractivity contribution < 1.29 is 0 Å². The second-order valence-electron chi connectivity index (χ2n) is 12.9. The normalized spacial score (nSPS) is 11.9. The Morgan fingerprint density at radius 2 is 1.26 bits per heavy atom. The lowest BCUT2D eigenvalue weighted by molar-refractivity contribution is 0.562. The Labute approximate surface area is 269 Å². The highest BCUT2D eigenvalue weighted by Crippen LogP contribution is 2.42. The van der Waals surface area contributed by atoms with Gasteiger partial charge in [-0.05, 0) is 35.9 Å². The zero-order valence-corrected chi connectivity index (χ0v) is 26.5. The number of para-hydroxylation sites is 1. The van der Waals surface area contributed by atoms with Crippen LogP contribution in [0.25, 0.3) is 67.0 Å². The van der Waals surface area contributed by atoms with Gasteiger partial charge in [-0.25, -0.2) is 9.67 Å². The molecule has 0 bridgehead atoms. The summed E-state index contributed by atoms with van der Waals surface area (Å²) < 4.78 is 6.59. The molecule has 0 N–H and O–H groups in total. The minimum Gasteiger partial charge on any atom is -0.334 e. The fourth-order valence-electron chi connectivity index (χ4n) is 6.67. The zero-order chi connectivity index (χ0) is 31.4. The largest absolute Gasteiger partial charge is 0.334 e. The van der Waals surface area contributed by atoms with Crippen LogP contribution in [0.3, 0.4) is 0 Å². The average Bonchev–Trinajstić information content (AvgIpc) is 3.79. The van der Waals surface area contributed by atoms with Crippen LogP contribution in [0.1, 0.15) is 26.5 Å². The monoisotopic (exact) mass is 597 g/mol. The van der Waals surface area contributed by atoms with E-state index in [-0.39, 0.29) is 5.41 Å². The molecule has 0 saturated carbocycles. The van der Waals surface area contributed by atoms with Crippen LogP contribution in [0, 0.1) is 0 Å². The number of hydrogen-bond donors (Lipinski definition) is 0. The Kier molecular flexibility index (Phi) is 6.50. The quantitative estimate of drug-likeness (QED) is 0.198. The highest BCUT2D eigenvalue weighted by molar-refractivity contribution is 6.09. The van der Waals surface area contributed by atoms with E-state index < -0.39 is 0 Å². The smallest absolute Gasteiger partial charge is 0.139 e. The van der Waals surface area contributed by atoms with Gasteiger partial charge in [0.25, 0.3) is 0 Å². The minimum atomic E-state index is -0.176. The van der Waals surface area contributed by atoms with Crippen molar-refractivity contribution >= 4 is 21.8 Å². The summed E-state index contributed by atoms with van der Waals surface area (Å²) in [5.74, 6) is 0.940. The molecule has 5 heteroatoms. The Bertz CT molecular complexity index is 2350. The summed E-state index contributed by atoms with van der Waals surface area (Å²) in [6.07, 6.45) is 3.83. The fraction of sp³-hybridized carbons (Fsp3) is 0.122. The minimum absolute atomic E-state index is 0.176. The lowest BCUT2D eigenvalue weighted by Gasteiger charge is -2.18. The lowest BCUT2D eigenvalue weighted by atomic mass is 9.85. The Morgan fingerprint density at radius 1 is 0.587 bits per heavy atom. The van der Waals surface area contributed by atoms with Gasteiger partial charge in [0.15, 0.2) is 0 Å². The van der Waals surface area contributed by atoms with Gasteiger partial charge in [0.1, 0.15) is 5.82 Å². The summed E-state index contributed by atoms with van der Waals surface area (Å²) in [5.41, 5.74) is 10.9. The molecule has 0 atom stereocenters. The molecule has 5 nitrogen and oxygen atoms in total. The predicted molar refractivity (Wildman–Crippen MR) is 190 cm³/mol. The van der Waals surface area contributed by atoms with E-state index in [2.05, 4.69) is 167 Å². The molecule has 0 aliphatic heterocycles. The second kappa shape index (κ2) is 10.7. The summed E-state index contributed by atoms with van der Waals surface area (Å²) in [5, 5.41) is 7.84. The molecule has 0 radical (unpaired) electrons. The molecule has 0 aliphatic carbocycles. The Hall–Kier alpha value is -5.68. The van der Waals surface area contributed by atoms with Crippen molar-refractivity contribution in [1.82, 2.24) is 23.9 Å². The molecule has 46 heavy (non-hydrogen) atoms. The maximum atomic E-state index is 5.42. The number of aryl methyl sites for hydroxylation is 1. The highest BCUT2D eigenvalue weighted by Gasteiger charge is 2.29. The van der Waals surface area contributed by atoms with Crippen molar-refractivity contribution in [2.75, 3.05) is 0 Å². The van der Waals surface area contributed by atoms with Gasteiger partial charge < -0.3 is 9.13 Å². The van der Waals surface area contributed by atoms with E-state index >= 15 is 0 Å². The van der Waals surface area contributed by atoms with Crippen molar-refractivity contribution in [3.8, 4) is 45.1 Å². The molecule has 0 spiro atoms. The first-order valence-electron chi connectivity index (χ1n) is 15.7. The topological polar surface area (TPSA) is 40.6 Å². The molecule has 0 unspecified atom stereocenters. The molecule has 3 aromatic heterocycles. The van der Waals surface area contributed by atoms with Gasteiger partial charge in [0, 0.05) is 58.0 Å².